The molecule has 1 aliphatic carbocycles. The fourth-order valence-corrected chi connectivity index (χ4v) is 2.90. The summed E-state index contributed by atoms with van der Waals surface area (Å²) in [5, 5.41) is 7.50. The van der Waals surface area contributed by atoms with Crippen LogP contribution in [0.15, 0.2) is 0 Å². The summed E-state index contributed by atoms with van der Waals surface area (Å²) in [6.07, 6.45) is 3.90. The number of ether oxygens (including phenoxy) is 1. The molecular weight excluding hydrogens is 190 g/mol. The molecule has 1 saturated carbocycles. The topological polar surface area (TPSA) is 62.3 Å². The van der Waals surface area contributed by atoms with Crippen LogP contribution >= 0.6 is 0 Å². The Morgan fingerprint density at radius 3 is 2.80 bits per heavy atom. The average molecular weight is 211 g/mol. The van der Waals surface area contributed by atoms with Crippen LogP contribution in [0.5, 0.6) is 0 Å². The molecule has 0 bridgehead atoms. The summed E-state index contributed by atoms with van der Waals surface area (Å²) in [5.74, 6) is 0.801. The van der Waals surface area contributed by atoms with Gasteiger partial charge in [-0.3, -0.25) is 5.41 Å². The van der Waals surface area contributed by atoms with Crippen molar-refractivity contribution in [3.63, 3.8) is 0 Å². The first-order valence-electron chi connectivity index (χ1n) is 5.85. The fraction of sp³-hybridized carbons (Fsp3) is 0.909. The molecule has 2 aliphatic rings. The van der Waals surface area contributed by atoms with Crippen molar-refractivity contribution in [2.24, 2.45) is 17.1 Å². The molecule has 0 amide bonds. The second-order valence-electron chi connectivity index (χ2n) is 4.84. The van der Waals surface area contributed by atoms with E-state index in [9.17, 15) is 0 Å². The third-order valence-corrected chi connectivity index (χ3v) is 4.03. The van der Waals surface area contributed by atoms with E-state index in [2.05, 4.69) is 0 Å². The van der Waals surface area contributed by atoms with Crippen molar-refractivity contribution >= 4 is 5.96 Å². The van der Waals surface area contributed by atoms with E-state index in [1.54, 1.807) is 0 Å². The van der Waals surface area contributed by atoms with E-state index in [1.807, 2.05) is 11.8 Å². The van der Waals surface area contributed by atoms with E-state index in [-0.39, 0.29) is 5.96 Å². The molecular formula is C11H21N3O. The van der Waals surface area contributed by atoms with Gasteiger partial charge in [0.1, 0.15) is 0 Å². The quantitative estimate of drug-likeness (QED) is 0.541. The Hall–Kier alpha value is -0.770. The SMILES string of the molecule is CCOC[C@H]1CN(C(=N)N)CC12CCC2. The Kier molecular flexibility index (Phi) is 2.87. The van der Waals surface area contributed by atoms with Gasteiger partial charge in [-0.15, -0.1) is 0 Å². The highest BCUT2D eigenvalue weighted by Gasteiger charge is 2.50. The average Bonchev–Trinajstić information content (AvgIpc) is 2.53. The van der Waals surface area contributed by atoms with Gasteiger partial charge in [-0.25, -0.2) is 0 Å². The summed E-state index contributed by atoms with van der Waals surface area (Å²) >= 11 is 0. The van der Waals surface area contributed by atoms with Gasteiger partial charge in [0, 0.05) is 25.6 Å². The van der Waals surface area contributed by atoms with E-state index < -0.39 is 0 Å². The third kappa shape index (κ3) is 1.83. The van der Waals surface area contributed by atoms with Crippen molar-refractivity contribution in [1.29, 1.82) is 5.41 Å². The molecule has 1 heterocycles. The predicted molar refractivity (Wildman–Crippen MR) is 59.8 cm³/mol. The van der Waals surface area contributed by atoms with Crippen LogP contribution in [0, 0.1) is 16.7 Å². The summed E-state index contributed by atoms with van der Waals surface area (Å²) in [6, 6.07) is 0. The monoisotopic (exact) mass is 211 g/mol. The minimum Gasteiger partial charge on any atom is -0.381 e. The maximum atomic E-state index is 7.50. The molecule has 4 heteroatoms. The van der Waals surface area contributed by atoms with Crippen LogP contribution in [-0.2, 0) is 4.74 Å². The molecule has 2 fully saturated rings. The van der Waals surface area contributed by atoms with Gasteiger partial charge in [0.05, 0.1) is 6.61 Å². The van der Waals surface area contributed by atoms with Gasteiger partial charge in [-0.1, -0.05) is 6.42 Å². The lowest BCUT2D eigenvalue weighted by molar-refractivity contribution is 0.0226. The standard InChI is InChI=1S/C11H21N3O/c1-2-15-7-9-6-14(10(12)13)8-11(9)4-3-5-11/h9H,2-8H2,1H3,(H3,12,13)/t9-/m1/s1. The van der Waals surface area contributed by atoms with Gasteiger partial charge >= 0.3 is 0 Å². The van der Waals surface area contributed by atoms with Gasteiger partial charge in [-0.05, 0) is 25.2 Å². The number of nitrogens with zero attached hydrogens (tertiary/aromatic N) is 1. The molecule has 4 nitrogen and oxygen atoms in total. The zero-order valence-corrected chi connectivity index (χ0v) is 9.46. The maximum Gasteiger partial charge on any atom is 0.188 e. The van der Waals surface area contributed by atoms with Crippen LogP contribution in [0.3, 0.4) is 0 Å². The third-order valence-electron chi connectivity index (χ3n) is 4.03. The lowest BCUT2D eigenvalue weighted by atomic mass is 9.63. The zero-order chi connectivity index (χ0) is 10.9. The molecule has 1 saturated heterocycles. The zero-order valence-electron chi connectivity index (χ0n) is 9.46. The molecule has 3 N–H and O–H groups in total. The van der Waals surface area contributed by atoms with Crippen molar-refractivity contribution in [3.05, 3.63) is 0 Å². The molecule has 1 spiro atoms. The first-order chi connectivity index (χ1) is 7.18. The first kappa shape index (κ1) is 10.7. The Balaban J connectivity index is 1.98. The normalized spacial score (nSPS) is 28.1. The second-order valence-corrected chi connectivity index (χ2v) is 4.84. The molecule has 0 aromatic carbocycles. The number of hydrogen-bond donors (Lipinski definition) is 2. The van der Waals surface area contributed by atoms with E-state index >= 15 is 0 Å². The molecule has 0 unspecified atom stereocenters. The molecule has 1 aliphatic heterocycles. The van der Waals surface area contributed by atoms with Crippen LogP contribution in [-0.4, -0.2) is 37.2 Å². The van der Waals surface area contributed by atoms with Crippen molar-refractivity contribution in [2.45, 2.75) is 26.2 Å². The highest BCUT2D eigenvalue weighted by Crippen LogP contribution is 2.51. The number of guanidine groups is 1. The highest BCUT2D eigenvalue weighted by molar-refractivity contribution is 5.75. The van der Waals surface area contributed by atoms with Crippen LogP contribution in [0.4, 0.5) is 0 Å². The van der Waals surface area contributed by atoms with Crippen LogP contribution in [0.25, 0.3) is 0 Å². The van der Waals surface area contributed by atoms with Crippen molar-refractivity contribution in [2.75, 3.05) is 26.3 Å². The summed E-state index contributed by atoms with van der Waals surface area (Å²) < 4.78 is 5.54. The summed E-state index contributed by atoms with van der Waals surface area (Å²) in [6.45, 7) is 5.54. The maximum absolute atomic E-state index is 7.50. The molecule has 0 aromatic rings. The Morgan fingerprint density at radius 1 is 1.60 bits per heavy atom. The number of hydrogen-bond acceptors (Lipinski definition) is 2. The van der Waals surface area contributed by atoms with Gasteiger partial charge < -0.3 is 15.4 Å². The van der Waals surface area contributed by atoms with Crippen LogP contribution in [0.1, 0.15) is 26.2 Å². The van der Waals surface area contributed by atoms with Gasteiger partial charge in [-0.2, -0.15) is 0 Å². The van der Waals surface area contributed by atoms with Gasteiger partial charge in [0.25, 0.3) is 0 Å². The smallest absolute Gasteiger partial charge is 0.188 e. The van der Waals surface area contributed by atoms with Crippen molar-refractivity contribution in [1.82, 2.24) is 4.90 Å². The van der Waals surface area contributed by atoms with Crippen LogP contribution < -0.4 is 5.73 Å². The molecule has 1 atom stereocenters. The number of likely N-dealkylation sites (tertiary alicyclic amines) is 1. The van der Waals surface area contributed by atoms with E-state index in [0.717, 1.165) is 26.3 Å². The Morgan fingerprint density at radius 2 is 2.33 bits per heavy atom. The van der Waals surface area contributed by atoms with Gasteiger partial charge in [0.15, 0.2) is 5.96 Å². The predicted octanol–water partition coefficient (Wildman–Crippen LogP) is 1.02. The Bertz CT molecular complexity index is 250. The highest BCUT2D eigenvalue weighted by atomic mass is 16.5. The molecule has 0 radical (unpaired) electrons. The summed E-state index contributed by atoms with van der Waals surface area (Å²) in [4.78, 5) is 2.00. The van der Waals surface area contributed by atoms with E-state index in [1.165, 1.54) is 19.3 Å². The second kappa shape index (κ2) is 4.00. The van der Waals surface area contributed by atoms with E-state index in [4.69, 9.17) is 15.9 Å². The lowest BCUT2D eigenvalue weighted by Crippen LogP contribution is -2.40. The molecule has 2 rings (SSSR count). The van der Waals surface area contributed by atoms with Gasteiger partial charge in [0.2, 0.25) is 0 Å². The minimum atomic E-state index is 0.222. The summed E-state index contributed by atoms with van der Waals surface area (Å²) in [5.41, 5.74) is 5.97. The fourth-order valence-electron chi connectivity index (χ4n) is 2.90. The largest absolute Gasteiger partial charge is 0.381 e. The minimum absolute atomic E-state index is 0.222. The first-order valence-corrected chi connectivity index (χ1v) is 5.85. The Labute approximate surface area is 91.3 Å². The number of rotatable bonds is 3. The summed E-state index contributed by atoms with van der Waals surface area (Å²) in [7, 11) is 0. The lowest BCUT2D eigenvalue weighted by Gasteiger charge is -2.42. The molecule has 15 heavy (non-hydrogen) atoms. The number of nitrogens with one attached hydrogen (secondary N) is 1. The van der Waals surface area contributed by atoms with Crippen molar-refractivity contribution in [3.8, 4) is 0 Å². The van der Waals surface area contributed by atoms with Crippen LogP contribution in [0.2, 0.25) is 0 Å². The molecule has 0 aromatic heterocycles. The van der Waals surface area contributed by atoms with E-state index in [0.29, 0.717) is 11.3 Å². The number of nitrogens with two attached hydrogens (primary N) is 1. The molecule has 86 valence electrons. The van der Waals surface area contributed by atoms with Crippen molar-refractivity contribution < 1.29 is 4.74 Å².